The van der Waals surface area contributed by atoms with Crippen molar-refractivity contribution in [2.75, 3.05) is 0 Å². The van der Waals surface area contributed by atoms with Gasteiger partial charge in [-0.2, -0.15) is 0 Å². The summed E-state index contributed by atoms with van der Waals surface area (Å²) < 4.78 is -1.72. The Morgan fingerprint density at radius 2 is 1.07 bits per heavy atom. The van der Waals surface area contributed by atoms with Crippen LogP contribution in [0, 0.1) is 0 Å². The summed E-state index contributed by atoms with van der Waals surface area (Å²) in [6, 6.07) is -2.30. The fraction of sp³-hybridized carbons (Fsp3) is 0.556. The minimum atomic E-state index is -1.17. The van der Waals surface area contributed by atoms with Crippen LogP contribution < -0.4 is 10.6 Å². The Bertz CT molecular complexity index is 650. The van der Waals surface area contributed by atoms with E-state index in [1.807, 2.05) is 0 Å². The van der Waals surface area contributed by atoms with E-state index in [4.69, 9.17) is 0 Å². The van der Waals surface area contributed by atoms with Gasteiger partial charge in [-0.3, -0.25) is 0 Å². The van der Waals surface area contributed by atoms with Gasteiger partial charge in [0.1, 0.15) is 0 Å². The van der Waals surface area contributed by atoms with Crippen molar-refractivity contribution in [3.63, 3.8) is 0 Å². The summed E-state index contributed by atoms with van der Waals surface area (Å²) in [5.74, 6) is -3.43. The van der Waals surface area contributed by atoms with Crippen LogP contribution in [0.25, 0.3) is 0 Å². The number of carboxylic acids is 2. The average Bonchev–Trinajstić information content (AvgIpc) is 2.55. The van der Waals surface area contributed by atoms with Crippen LogP contribution in [-0.4, -0.2) is 68.3 Å². The Kier molecular flexibility index (Phi) is 10.6. The van der Waals surface area contributed by atoms with E-state index >= 15 is 0 Å². The van der Waals surface area contributed by atoms with Crippen molar-refractivity contribution in [3.8, 4) is 0 Å². The quantitative estimate of drug-likeness (QED) is 0.231. The minimum absolute atomic E-state index is 0.204. The number of amides is 2. The first-order valence-electron chi connectivity index (χ1n) is 8.44. The van der Waals surface area contributed by atoms with Crippen molar-refractivity contribution in [3.05, 3.63) is 24.3 Å². The Morgan fingerprint density at radius 3 is 1.28 bits per heavy atom. The van der Waals surface area contributed by atoms with Gasteiger partial charge < -0.3 is 0 Å². The van der Waals surface area contributed by atoms with Gasteiger partial charge in [0.15, 0.2) is 0 Å². The molecule has 0 spiro atoms. The van der Waals surface area contributed by atoms with Crippen LogP contribution in [0.4, 0.5) is 0 Å². The third-order valence-electron chi connectivity index (χ3n) is 3.71. The third kappa shape index (κ3) is 8.86. The van der Waals surface area contributed by atoms with E-state index in [1.165, 1.54) is 34.2 Å². The molecule has 0 saturated heterocycles. The molecule has 29 heavy (non-hydrogen) atoms. The second-order valence-corrected chi connectivity index (χ2v) is 15.1. The third-order valence-corrected chi connectivity index (χ3v) is 13.6. The molecule has 0 aliphatic carbocycles. The monoisotopic (exact) mass is 512 g/mol. The predicted molar refractivity (Wildman–Crippen MR) is 118 cm³/mol. The molecule has 8 nitrogen and oxygen atoms in total. The van der Waals surface area contributed by atoms with Gasteiger partial charge in [0, 0.05) is 0 Å². The van der Waals surface area contributed by atoms with E-state index in [0.717, 1.165) is 0 Å². The van der Waals surface area contributed by atoms with Crippen molar-refractivity contribution >= 4 is 56.8 Å². The molecule has 0 aromatic carbocycles. The van der Waals surface area contributed by atoms with Gasteiger partial charge in [-0.15, -0.1) is 0 Å². The van der Waals surface area contributed by atoms with Gasteiger partial charge in [0.05, 0.1) is 0 Å². The molecule has 2 atom stereocenters. The maximum absolute atomic E-state index is 11.9. The molecule has 0 radical (unpaired) electrons. The normalized spacial score (nSPS) is 13.7. The summed E-state index contributed by atoms with van der Waals surface area (Å²) in [6.45, 7) is 16.8. The van der Waals surface area contributed by atoms with Gasteiger partial charge in [-0.1, -0.05) is 0 Å². The summed E-state index contributed by atoms with van der Waals surface area (Å²) >= 11 is -0.309. The van der Waals surface area contributed by atoms with Crippen molar-refractivity contribution < 1.29 is 29.4 Å². The topological polar surface area (TPSA) is 133 Å². The molecule has 11 heteroatoms. The zero-order valence-electron chi connectivity index (χ0n) is 17.3. The first-order valence-corrected chi connectivity index (χ1v) is 14.1. The molecule has 0 rings (SSSR count). The fourth-order valence-electron chi connectivity index (χ4n) is 1.86. The summed E-state index contributed by atoms with van der Waals surface area (Å²) in [7, 11) is 2.65. The molecule has 0 aliphatic heterocycles. The van der Waals surface area contributed by atoms with Crippen LogP contribution in [-0.2, 0) is 19.2 Å². The summed E-state index contributed by atoms with van der Waals surface area (Å²) in [4.78, 5) is 47.0. The number of hydrogen-bond donors (Lipinski definition) is 4. The van der Waals surface area contributed by atoms with E-state index < -0.39 is 45.3 Å². The Balaban J connectivity index is 5.21. The molecule has 0 unspecified atom stereocenters. The SMILES string of the molecule is C=C(C)C(=O)N[C@@H](C(=O)O)C(C)(C)S[Se]SC(C)(C)[C@@H](NC(=O)C(=C)C)C(=O)O. The number of hydrogen-bond acceptors (Lipinski definition) is 6. The Labute approximate surface area is 184 Å². The summed E-state index contributed by atoms with van der Waals surface area (Å²) in [6.07, 6.45) is 0. The number of carboxylic acid groups (broad SMARTS) is 2. The van der Waals surface area contributed by atoms with Crippen LogP contribution in [0.3, 0.4) is 0 Å². The zero-order chi connectivity index (χ0) is 23.2. The van der Waals surface area contributed by atoms with Crippen LogP contribution >= 0.6 is 20.4 Å². The van der Waals surface area contributed by atoms with E-state index in [9.17, 15) is 29.4 Å². The first kappa shape index (κ1) is 27.6. The maximum atomic E-state index is 11.9. The van der Waals surface area contributed by atoms with Gasteiger partial charge >= 0.3 is 184 Å². The van der Waals surface area contributed by atoms with E-state index in [-0.39, 0.29) is 23.9 Å². The number of aliphatic carboxylic acids is 2. The molecular formula is C18H28N2O6S2Se. The average molecular weight is 512 g/mol. The number of carbonyl (C=O) groups excluding carboxylic acids is 2. The van der Waals surface area contributed by atoms with Crippen LogP contribution in [0.1, 0.15) is 41.5 Å². The van der Waals surface area contributed by atoms with Crippen molar-refractivity contribution in [2.24, 2.45) is 0 Å². The van der Waals surface area contributed by atoms with Crippen molar-refractivity contribution in [2.45, 2.75) is 63.1 Å². The molecule has 164 valence electrons. The Hall–Kier alpha value is -1.42. The second kappa shape index (κ2) is 11.1. The Morgan fingerprint density at radius 1 is 0.793 bits per heavy atom. The van der Waals surface area contributed by atoms with Crippen molar-refractivity contribution in [1.82, 2.24) is 10.6 Å². The molecular weight excluding hydrogens is 483 g/mol. The standard InChI is InChI=1S/C18H28N2O6S2Se/c1-9(2)13(21)19-11(15(23)24)17(5,6)27-29-28-18(7,8)12(16(25)26)20-14(22)10(3)4/h11-12H,1,3H2,2,4-8H3,(H,19,21)(H,20,22)(H,23,24)(H,25,26)/t11-,12-/m0/s1. The summed E-state index contributed by atoms with van der Waals surface area (Å²) in [5, 5.41) is 24.0. The molecule has 0 aromatic rings. The van der Waals surface area contributed by atoms with Crippen LogP contribution in [0.2, 0.25) is 0 Å². The molecule has 0 aliphatic rings. The van der Waals surface area contributed by atoms with Gasteiger partial charge in [0.25, 0.3) is 0 Å². The number of rotatable bonds is 12. The van der Waals surface area contributed by atoms with Crippen LogP contribution in [0.15, 0.2) is 24.3 Å². The summed E-state index contributed by atoms with van der Waals surface area (Å²) in [5.41, 5.74) is 0.409. The zero-order valence-corrected chi connectivity index (χ0v) is 20.7. The second-order valence-electron chi connectivity index (χ2n) is 7.49. The number of nitrogens with one attached hydrogen (secondary N) is 2. The molecule has 0 fully saturated rings. The molecule has 0 bridgehead atoms. The molecule has 0 saturated carbocycles. The predicted octanol–water partition coefficient (Wildman–Crippen LogP) is 1.84. The van der Waals surface area contributed by atoms with Gasteiger partial charge in [-0.25, -0.2) is 0 Å². The molecule has 2 amide bonds. The first-order chi connectivity index (χ1) is 13.0. The van der Waals surface area contributed by atoms with E-state index in [1.54, 1.807) is 27.7 Å². The molecule has 0 heterocycles. The number of carbonyl (C=O) groups is 4. The van der Waals surface area contributed by atoms with E-state index in [0.29, 0.717) is 0 Å². The van der Waals surface area contributed by atoms with Gasteiger partial charge in [0.2, 0.25) is 0 Å². The van der Waals surface area contributed by atoms with Crippen molar-refractivity contribution in [1.29, 1.82) is 0 Å². The van der Waals surface area contributed by atoms with Crippen LogP contribution in [0.5, 0.6) is 0 Å². The molecule has 0 aromatic heterocycles. The fourth-order valence-corrected chi connectivity index (χ4v) is 12.4. The molecule has 4 N–H and O–H groups in total. The van der Waals surface area contributed by atoms with Gasteiger partial charge in [-0.05, 0) is 0 Å². The van der Waals surface area contributed by atoms with E-state index in [2.05, 4.69) is 23.8 Å².